The van der Waals surface area contributed by atoms with Crippen LogP contribution in [0.2, 0.25) is 0 Å². The van der Waals surface area contributed by atoms with Crippen molar-refractivity contribution in [1.29, 1.82) is 0 Å². The van der Waals surface area contributed by atoms with Gasteiger partial charge in [0.2, 0.25) is 5.91 Å². The number of carbonyl (C=O) groups is 2. The molecule has 0 saturated carbocycles. The molecule has 0 spiro atoms. The summed E-state index contributed by atoms with van der Waals surface area (Å²) in [4.78, 5) is 22.7. The van der Waals surface area contributed by atoms with Crippen LogP contribution in [0.5, 0.6) is 0 Å². The van der Waals surface area contributed by atoms with Crippen molar-refractivity contribution in [2.45, 2.75) is 25.7 Å². The average Bonchev–Trinajstić information content (AvgIpc) is 2.58. The van der Waals surface area contributed by atoms with Gasteiger partial charge in [-0.1, -0.05) is 5.10 Å². The normalized spacial score (nSPS) is 10.1. The third-order valence-electron chi connectivity index (χ3n) is 1.80. The Hall–Kier alpha value is -1.99. The Balaban J connectivity index is 2.18. The number of tetrazole rings is 1. The molecule has 88 valence electrons. The summed E-state index contributed by atoms with van der Waals surface area (Å²) >= 11 is 0. The minimum atomic E-state index is -0.851. The van der Waals surface area contributed by atoms with Gasteiger partial charge >= 0.3 is 5.97 Å². The summed E-state index contributed by atoms with van der Waals surface area (Å²) in [5, 5.41) is 21.8. The number of nitrogens with zero attached hydrogens (tertiary/aromatic N) is 4. The Bertz CT molecular complexity index is 376. The fraction of sp³-hybridized carbons (Fsp3) is 0.625. The smallest absolute Gasteiger partial charge is 0.303 e. The van der Waals surface area contributed by atoms with Gasteiger partial charge < -0.3 is 5.11 Å². The minimum Gasteiger partial charge on any atom is -0.481 e. The average molecular weight is 227 g/mol. The molecular weight excluding hydrogens is 214 g/mol. The zero-order valence-electron chi connectivity index (χ0n) is 8.88. The number of carboxylic acids is 1. The molecule has 0 saturated heterocycles. The SMILES string of the molecule is Cn1nnc(NC(=O)CCCCC(=O)O)n1. The molecule has 0 aromatic carbocycles. The molecule has 0 bridgehead atoms. The standard InChI is InChI=1S/C8H13N5O3/c1-13-11-8(10-12-13)9-6(14)4-2-3-5-7(15)16/h2-5H2,1H3,(H,15,16)(H,9,11,14). The van der Waals surface area contributed by atoms with Crippen molar-refractivity contribution in [3.05, 3.63) is 0 Å². The van der Waals surface area contributed by atoms with Crippen LogP contribution in [0.1, 0.15) is 25.7 Å². The van der Waals surface area contributed by atoms with E-state index in [1.54, 1.807) is 7.05 Å². The van der Waals surface area contributed by atoms with Crippen LogP contribution in [0.15, 0.2) is 0 Å². The molecule has 16 heavy (non-hydrogen) atoms. The Kier molecular flexibility index (Phi) is 4.37. The van der Waals surface area contributed by atoms with E-state index in [9.17, 15) is 9.59 Å². The first-order valence-electron chi connectivity index (χ1n) is 4.83. The number of aryl methyl sites for hydroxylation is 1. The molecule has 0 aliphatic rings. The first kappa shape index (κ1) is 12.1. The quantitative estimate of drug-likeness (QED) is 0.651. The van der Waals surface area contributed by atoms with Crippen LogP contribution in [-0.2, 0) is 16.6 Å². The van der Waals surface area contributed by atoms with E-state index in [1.807, 2.05) is 0 Å². The van der Waals surface area contributed by atoms with E-state index in [-0.39, 0.29) is 24.7 Å². The number of hydrogen-bond donors (Lipinski definition) is 2. The molecule has 0 aliphatic carbocycles. The van der Waals surface area contributed by atoms with E-state index in [4.69, 9.17) is 5.11 Å². The van der Waals surface area contributed by atoms with E-state index in [0.717, 1.165) is 0 Å². The summed E-state index contributed by atoms with van der Waals surface area (Å²) in [6.45, 7) is 0. The van der Waals surface area contributed by atoms with E-state index < -0.39 is 5.97 Å². The van der Waals surface area contributed by atoms with Crippen molar-refractivity contribution in [3.8, 4) is 0 Å². The lowest BCUT2D eigenvalue weighted by atomic mass is 10.2. The second-order valence-corrected chi connectivity index (χ2v) is 3.25. The van der Waals surface area contributed by atoms with E-state index >= 15 is 0 Å². The van der Waals surface area contributed by atoms with Crippen molar-refractivity contribution in [3.63, 3.8) is 0 Å². The topological polar surface area (TPSA) is 110 Å². The summed E-state index contributed by atoms with van der Waals surface area (Å²) in [5.74, 6) is -0.930. The van der Waals surface area contributed by atoms with Crippen molar-refractivity contribution in [1.82, 2.24) is 20.2 Å². The highest BCUT2D eigenvalue weighted by Crippen LogP contribution is 2.02. The molecule has 0 fully saturated rings. The monoisotopic (exact) mass is 227 g/mol. The van der Waals surface area contributed by atoms with Gasteiger partial charge in [0.15, 0.2) is 0 Å². The van der Waals surface area contributed by atoms with Gasteiger partial charge in [-0.25, -0.2) is 0 Å². The molecule has 1 aromatic rings. The predicted octanol–water partition coefficient (Wildman–Crippen LogP) is -0.206. The number of anilines is 1. The van der Waals surface area contributed by atoms with E-state index in [2.05, 4.69) is 20.7 Å². The molecular formula is C8H13N5O3. The second kappa shape index (κ2) is 5.79. The number of rotatable bonds is 6. The molecule has 1 amide bonds. The number of aromatic nitrogens is 4. The van der Waals surface area contributed by atoms with Gasteiger partial charge in [0.1, 0.15) is 0 Å². The highest BCUT2D eigenvalue weighted by atomic mass is 16.4. The largest absolute Gasteiger partial charge is 0.481 e. The molecule has 0 unspecified atom stereocenters. The molecule has 0 radical (unpaired) electrons. The molecule has 1 aromatic heterocycles. The molecule has 8 nitrogen and oxygen atoms in total. The van der Waals surface area contributed by atoms with Crippen molar-refractivity contribution >= 4 is 17.8 Å². The van der Waals surface area contributed by atoms with Gasteiger partial charge in [-0.15, -0.1) is 5.10 Å². The number of nitrogens with one attached hydrogen (secondary N) is 1. The highest BCUT2D eigenvalue weighted by molar-refractivity contribution is 5.88. The van der Waals surface area contributed by atoms with Crippen LogP contribution < -0.4 is 5.32 Å². The predicted molar refractivity (Wildman–Crippen MR) is 53.5 cm³/mol. The van der Waals surface area contributed by atoms with Gasteiger partial charge in [-0.3, -0.25) is 14.9 Å². The summed E-state index contributed by atoms with van der Waals surface area (Å²) in [7, 11) is 1.59. The van der Waals surface area contributed by atoms with Crippen LogP contribution in [0.3, 0.4) is 0 Å². The van der Waals surface area contributed by atoms with Crippen LogP contribution >= 0.6 is 0 Å². The number of carboxylic acid groups (broad SMARTS) is 1. The Morgan fingerprint density at radius 2 is 2.06 bits per heavy atom. The van der Waals surface area contributed by atoms with Crippen LogP contribution in [0, 0.1) is 0 Å². The molecule has 1 rings (SSSR count). The summed E-state index contributed by atoms with van der Waals surface area (Å²) < 4.78 is 0. The van der Waals surface area contributed by atoms with Gasteiger partial charge in [-0.2, -0.15) is 4.80 Å². The lowest BCUT2D eigenvalue weighted by molar-refractivity contribution is -0.137. The summed E-state index contributed by atoms with van der Waals surface area (Å²) in [6, 6.07) is 0. The molecule has 0 atom stereocenters. The molecule has 8 heteroatoms. The third-order valence-corrected chi connectivity index (χ3v) is 1.80. The van der Waals surface area contributed by atoms with Crippen molar-refractivity contribution in [2.24, 2.45) is 7.05 Å². The maximum absolute atomic E-state index is 11.3. The van der Waals surface area contributed by atoms with Crippen LogP contribution in [0.4, 0.5) is 5.95 Å². The number of amides is 1. The minimum absolute atomic E-state index is 0.0800. The highest BCUT2D eigenvalue weighted by Gasteiger charge is 2.06. The Morgan fingerprint density at radius 3 is 2.62 bits per heavy atom. The Morgan fingerprint density at radius 1 is 1.38 bits per heavy atom. The van der Waals surface area contributed by atoms with Gasteiger partial charge in [-0.05, 0) is 18.1 Å². The van der Waals surface area contributed by atoms with Crippen molar-refractivity contribution < 1.29 is 14.7 Å². The lowest BCUT2D eigenvalue weighted by Gasteiger charge is -1.99. The number of aliphatic carboxylic acids is 1. The maximum atomic E-state index is 11.3. The van der Waals surface area contributed by atoms with E-state index in [0.29, 0.717) is 12.8 Å². The van der Waals surface area contributed by atoms with Gasteiger partial charge in [0, 0.05) is 12.8 Å². The molecule has 2 N–H and O–H groups in total. The van der Waals surface area contributed by atoms with Gasteiger partial charge in [0.05, 0.1) is 7.05 Å². The lowest BCUT2D eigenvalue weighted by Crippen LogP contribution is -2.12. The zero-order chi connectivity index (χ0) is 12.0. The fourth-order valence-corrected chi connectivity index (χ4v) is 1.08. The maximum Gasteiger partial charge on any atom is 0.303 e. The first-order valence-corrected chi connectivity index (χ1v) is 4.83. The van der Waals surface area contributed by atoms with Crippen LogP contribution in [-0.4, -0.2) is 37.2 Å². The van der Waals surface area contributed by atoms with Gasteiger partial charge in [0.25, 0.3) is 5.95 Å². The van der Waals surface area contributed by atoms with Crippen molar-refractivity contribution in [2.75, 3.05) is 5.32 Å². The third kappa shape index (κ3) is 4.49. The second-order valence-electron chi connectivity index (χ2n) is 3.25. The Labute approximate surface area is 91.6 Å². The zero-order valence-corrected chi connectivity index (χ0v) is 8.88. The first-order chi connectivity index (χ1) is 7.58. The number of unbranched alkanes of at least 4 members (excludes halogenated alkanes) is 1. The summed E-state index contributed by atoms with van der Waals surface area (Å²) in [5.41, 5.74) is 0. The number of hydrogen-bond acceptors (Lipinski definition) is 5. The summed E-state index contributed by atoms with van der Waals surface area (Å²) in [6.07, 6.45) is 1.34. The molecule has 1 heterocycles. The number of carbonyl (C=O) groups excluding carboxylic acids is 1. The van der Waals surface area contributed by atoms with E-state index in [1.165, 1.54) is 4.80 Å². The fourth-order valence-electron chi connectivity index (χ4n) is 1.08. The van der Waals surface area contributed by atoms with Crippen LogP contribution in [0.25, 0.3) is 0 Å². The molecule has 0 aliphatic heterocycles.